The summed E-state index contributed by atoms with van der Waals surface area (Å²) in [6, 6.07) is 18.5. The summed E-state index contributed by atoms with van der Waals surface area (Å²) in [5.41, 5.74) is 2.20. The molecule has 3 aromatic rings. The lowest BCUT2D eigenvalue weighted by molar-refractivity contribution is -0.119. The van der Waals surface area contributed by atoms with E-state index in [-0.39, 0.29) is 17.2 Å². The van der Waals surface area contributed by atoms with E-state index in [4.69, 9.17) is 14.2 Å². The Labute approximate surface area is 200 Å². The fourth-order valence-corrected chi connectivity index (χ4v) is 4.70. The summed E-state index contributed by atoms with van der Waals surface area (Å²) in [6.07, 6.45) is 0. The third kappa shape index (κ3) is 5.79. The Kier molecular flexibility index (Phi) is 8.01. The maximum atomic E-state index is 13.6. The topological polar surface area (TPSA) is 94.2 Å². The quantitative estimate of drug-likeness (QED) is 0.473. The number of nitrogens with zero attached hydrogens (tertiary/aromatic N) is 1. The number of hydrogen-bond donors (Lipinski definition) is 1. The molecule has 0 spiro atoms. The molecule has 3 aromatic carbocycles. The lowest BCUT2D eigenvalue weighted by Gasteiger charge is -2.24. The molecule has 0 bridgehead atoms. The SMILES string of the molecule is COc1ccc(CNC(=O)CN(c2ccc(C)cc2)S(=O)(=O)c2ccc(OC)c(OC)c2)cc1. The molecule has 3 rings (SSSR count). The van der Waals surface area contributed by atoms with Gasteiger partial charge >= 0.3 is 0 Å². The number of carbonyl (C=O) groups is 1. The summed E-state index contributed by atoms with van der Waals surface area (Å²) in [4.78, 5) is 12.8. The Balaban J connectivity index is 1.87. The van der Waals surface area contributed by atoms with Crippen LogP contribution in [-0.2, 0) is 21.4 Å². The maximum absolute atomic E-state index is 13.6. The molecule has 8 nitrogen and oxygen atoms in total. The smallest absolute Gasteiger partial charge is 0.264 e. The zero-order chi connectivity index (χ0) is 24.7. The summed E-state index contributed by atoms with van der Waals surface area (Å²) in [5, 5.41) is 2.78. The van der Waals surface area contributed by atoms with Gasteiger partial charge in [-0.2, -0.15) is 0 Å². The minimum Gasteiger partial charge on any atom is -0.497 e. The fraction of sp³-hybridized carbons (Fsp3) is 0.240. The Morgan fingerprint density at radius 1 is 0.853 bits per heavy atom. The van der Waals surface area contributed by atoms with Crippen molar-refractivity contribution in [3.63, 3.8) is 0 Å². The molecule has 0 heterocycles. The van der Waals surface area contributed by atoms with Gasteiger partial charge in [-0.15, -0.1) is 0 Å². The number of amides is 1. The van der Waals surface area contributed by atoms with Crippen molar-refractivity contribution in [2.75, 3.05) is 32.2 Å². The molecule has 0 aliphatic rings. The molecule has 9 heteroatoms. The van der Waals surface area contributed by atoms with Gasteiger partial charge in [0.15, 0.2) is 11.5 Å². The molecule has 0 aliphatic heterocycles. The van der Waals surface area contributed by atoms with Crippen molar-refractivity contribution in [2.24, 2.45) is 0 Å². The van der Waals surface area contributed by atoms with Crippen molar-refractivity contribution in [3.05, 3.63) is 77.9 Å². The van der Waals surface area contributed by atoms with Crippen LogP contribution in [0.2, 0.25) is 0 Å². The van der Waals surface area contributed by atoms with E-state index in [2.05, 4.69) is 5.32 Å². The van der Waals surface area contributed by atoms with Gasteiger partial charge < -0.3 is 19.5 Å². The highest BCUT2D eigenvalue weighted by Crippen LogP contribution is 2.32. The van der Waals surface area contributed by atoms with Crippen molar-refractivity contribution in [2.45, 2.75) is 18.4 Å². The van der Waals surface area contributed by atoms with Gasteiger partial charge in [-0.25, -0.2) is 8.42 Å². The summed E-state index contributed by atoms with van der Waals surface area (Å²) in [5.74, 6) is 0.944. The van der Waals surface area contributed by atoms with Gasteiger partial charge in [-0.1, -0.05) is 29.8 Å². The van der Waals surface area contributed by atoms with Crippen LogP contribution in [0.4, 0.5) is 5.69 Å². The predicted octanol–water partition coefficient (Wildman–Crippen LogP) is 3.53. The Morgan fingerprint density at radius 2 is 1.50 bits per heavy atom. The Morgan fingerprint density at radius 3 is 2.09 bits per heavy atom. The van der Waals surface area contributed by atoms with Gasteiger partial charge in [0.1, 0.15) is 12.3 Å². The normalized spacial score (nSPS) is 10.9. The molecule has 0 saturated carbocycles. The van der Waals surface area contributed by atoms with Crippen LogP contribution in [0.3, 0.4) is 0 Å². The van der Waals surface area contributed by atoms with Crippen LogP contribution in [0.1, 0.15) is 11.1 Å². The average molecular weight is 485 g/mol. The van der Waals surface area contributed by atoms with Crippen molar-refractivity contribution >= 4 is 21.6 Å². The van der Waals surface area contributed by atoms with Crippen LogP contribution in [0.15, 0.2) is 71.6 Å². The monoisotopic (exact) mass is 484 g/mol. The van der Waals surface area contributed by atoms with Crippen LogP contribution in [0.5, 0.6) is 17.2 Å². The lowest BCUT2D eigenvalue weighted by atomic mass is 10.2. The zero-order valence-electron chi connectivity index (χ0n) is 19.6. The van der Waals surface area contributed by atoms with Gasteiger partial charge in [-0.3, -0.25) is 9.10 Å². The Hall–Kier alpha value is -3.72. The van der Waals surface area contributed by atoms with E-state index in [0.29, 0.717) is 17.2 Å². The average Bonchev–Trinajstić information content (AvgIpc) is 2.86. The first-order chi connectivity index (χ1) is 16.3. The molecular weight excluding hydrogens is 456 g/mol. The van der Waals surface area contributed by atoms with Crippen molar-refractivity contribution < 1.29 is 27.4 Å². The van der Waals surface area contributed by atoms with Crippen LogP contribution in [0, 0.1) is 6.92 Å². The molecule has 1 N–H and O–H groups in total. The molecule has 0 fully saturated rings. The van der Waals surface area contributed by atoms with Gasteiger partial charge in [0, 0.05) is 12.6 Å². The number of methoxy groups -OCH3 is 3. The summed E-state index contributed by atoms with van der Waals surface area (Å²) >= 11 is 0. The largest absolute Gasteiger partial charge is 0.497 e. The van der Waals surface area contributed by atoms with Gasteiger partial charge in [0.25, 0.3) is 10.0 Å². The molecule has 0 atom stereocenters. The second-order valence-corrected chi connectivity index (χ2v) is 9.35. The third-order valence-electron chi connectivity index (χ3n) is 5.20. The van der Waals surface area contributed by atoms with E-state index < -0.39 is 22.5 Å². The molecule has 0 aliphatic carbocycles. The first kappa shape index (κ1) is 24.9. The fourth-order valence-electron chi connectivity index (χ4n) is 3.26. The second-order valence-electron chi connectivity index (χ2n) is 7.49. The first-order valence-electron chi connectivity index (χ1n) is 10.5. The van der Waals surface area contributed by atoms with Crippen LogP contribution < -0.4 is 23.8 Å². The van der Waals surface area contributed by atoms with Gasteiger partial charge in [0.05, 0.1) is 31.9 Å². The standard InChI is InChI=1S/C25H28N2O6S/c1-18-5-9-20(10-6-18)27(17-25(28)26-16-19-7-11-21(31-2)12-8-19)34(29,30)22-13-14-23(32-3)24(15-22)33-4/h5-15H,16-17H2,1-4H3,(H,26,28). The Bertz CT molecular complexity index is 1230. The van der Waals surface area contributed by atoms with E-state index in [1.54, 1.807) is 43.5 Å². The third-order valence-corrected chi connectivity index (χ3v) is 6.97. The minimum atomic E-state index is -4.09. The maximum Gasteiger partial charge on any atom is 0.264 e. The molecule has 180 valence electrons. The van der Waals surface area contributed by atoms with Crippen LogP contribution >= 0.6 is 0 Å². The molecule has 1 amide bonds. The van der Waals surface area contributed by atoms with Crippen molar-refractivity contribution in [3.8, 4) is 17.2 Å². The summed E-state index contributed by atoms with van der Waals surface area (Å²) in [7, 11) is 0.387. The molecule has 0 saturated heterocycles. The van der Waals surface area contributed by atoms with E-state index in [1.807, 2.05) is 19.1 Å². The van der Waals surface area contributed by atoms with E-state index in [0.717, 1.165) is 15.4 Å². The molecule has 0 radical (unpaired) electrons. The van der Waals surface area contributed by atoms with Crippen molar-refractivity contribution in [1.29, 1.82) is 0 Å². The molecule has 34 heavy (non-hydrogen) atoms. The number of aryl methyl sites for hydroxylation is 1. The zero-order valence-corrected chi connectivity index (χ0v) is 20.4. The second kappa shape index (κ2) is 10.9. The predicted molar refractivity (Wildman–Crippen MR) is 130 cm³/mol. The number of anilines is 1. The van der Waals surface area contributed by atoms with Gasteiger partial charge in [-0.05, 0) is 48.9 Å². The number of hydrogen-bond acceptors (Lipinski definition) is 6. The number of sulfonamides is 1. The van der Waals surface area contributed by atoms with E-state index in [9.17, 15) is 13.2 Å². The highest BCUT2D eigenvalue weighted by Gasteiger charge is 2.28. The van der Waals surface area contributed by atoms with Crippen molar-refractivity contribution in [1.82, 2.24) is 5.32 Å². The first-order valence-corrected chi connectivity index (χ1v) is 11.9. The highest BCUT2D eigenvalue weighted by atomic mass is 32.2. The molecule has 0 aromatic heterocycles. The van der Waals surface area contributed by atoms with Crippen LogP contribution in [0.25, 0.3) is 0 Å². The van der Waals surface area contributed by atoms with Crippen LogP contribution in [-0.4, -0.2) is 42.2 Å². The summed E-state index contributed by atoms with van der Waals surface area (Å²) < 4.78 is 43.9. The van der Waals surface area contributed by atoms with E-state index >= 15 is 0 Å². The van der Waals surface area contributed by atoms with E-state index in [1.165, 1.54) is 32.4 Å². The molecule has 0 unspecified atom stereocenters. The number of benzene rings is 3. The summed E-state index contributed by atoms with van der Waals surface area (Å²) in [6.45, 7) is 1.76. The van der Waals surface area contributed by atoms with Gasteiger partial charge in [0.2, 0.25) is 5.91 Å². The molecular formula is C25H28N2O6S. The minimum absolute atomic E-state index is 0.0197. The number of nitrogens with one attached hydrogen (secondary N) is 1. The number of carbonyl (C=O) groups excluding carboxylic acids is 1. The highest BCUT2D eigenvalue weighted by molar-refractivity contribution is 7.92. The number of rotatable bonds is 10. The lowest BCUT2D eigenvalue weighted by Crippen LogP contribution is -2.40. The number of ether oxygens (including phenoxy) is 3.